The monoisotopic (exact) mass is 133 g/mol. The third kappa shape index (κ3) is 2.58. The van der Waals surface area contributed by atoms with Gasteiger partial charge in [-0.2, -0.15) is 11.8 Å². The standard InChI is InChI=1S/C6H15NS/c1-5(8-4)6(2,3)7/h5H,7H2,1-4H3. The van der Waals surface area contributed by atoms with Gasteiger partial charge in [-0.3, -0.25) is 0 Å². The summed E-state index contributed by atoms with van der Waals surface area (Å²) in [7, 11) is 0. The summed E-state index contributed by atoms with van der Waals surface area (Å²) in [6, 6.07) is 0. The third-order valence-corrected chi connectivity index (χ3v) is 2.72. The van der Waals surface area contributed by atoms with Crippen LogP contribution in [0.5, 0.6) is 0 Å². The molecule has 0 spiro atoms. The molecule has 0 rings (SSSR count). The first-order valence-electron chi connectivity index (χ1n) is 2.80. The van der Waals surface area contributed by atoms with E-state index < -0.39 is 0 Å². The Bertz CT molecular complexity index is 65.4. The van der Waals surface area contributed by atoms with Crippen LogP contribution in [0.4, 0.5) is 0 Å². The first-order chi connectivity index (χ1) is 3.48. The van der Waals surface area contributed by atoms with Crippen LogP contribution in [0.3, 0.4) is 0 Å². The summed E-state index contributed by atoms with van der Waals surface area (Å²) in [6.45, 7) is 6.24. The number of rotatable bonds is 2. The second kappa shape index (κ2) is 2.74. The number of thioether (sulfide) groups is 1. The lowest BCUT2D eigenvalue weighted by Gasteiger charge is -2.24. The van der Waals surface area contributed by atoms with E-state index in [1.165, 1.54) is 0 Å². The van der Waals surface area contributed by atoms with Crippen molar-refractivity contribution in [2.45, 2.75) is 31.6 Å². The van der Waals surface area contributed by atoms with Gasteiger partial charge in [-0.25, -0.2) is 0 Å². The molecule has 0 bridgehead atoms. The Morgan fingerprint density at radius 3 is 1.88 bits per heavy atom. The second-order valence-electron chi connectivity index (χ2n) is 2.70. The van der Waals surface area contributed by atoms with E-state index in [0.717, 1.165) is 0 Å². The number of nitrogens with two attached hydrogens (primary N) is 1. The summed E-state index contributed by atoms with van der Waals surface area (Å²) in [5, 5.41) is 0.544. The van der Waals surface area contributed by atoms with Gasteiger partial charge in [0, 0.05) is 10.8 Å². The normalized spacial score (nSPS) is 16.1. The van der Waals surface area contributed by atoms with Gasteiger partial charge in [-0.1, -0.05) is 6.92 Å². The van der Waals surface area contributed by atoms with Crippen molar-refractivity contribution in [3.63, 3.8) is 0 Å². The van der Waals surface area contributed by atoms with Crippen LogP contribution < -0.4 is 5.73 Å². The topological polar surface area (TPSA) is 26.0 Å². The predicted molar refractivity (Wildman–Crippen MR) is 41.2 cm³/mol. The van der Waals surface area contributed by atoms with Crippen LogP contribution in [0.15, 0.2) is 0 Å². The Morgan fingerprint density at radius 2 is 1.88 bits per heavy atom. The number of hydrogen-bond donors (Lipinski definition) is 1. The van der Waals surface area contributed by atoms with Gasteiger partial charge in [0.2, 0.25) is 0 Å². The molecule has 0 amide bonds. The maximum atomic E-state index is 5.77. The number of hydrogen-bond acceptors (Lipinski definition) is 2. The van der Waals surface area contributed by atoms with Crippen molar-refractivity contribution in [3.8, 4) is 0 Å². The lowest BCUT2D eigenvalue weighted by molar-refractivity contribution is 0.515. The molecule has 1 nitrogen and oxygen atoms in total. The molecule has 0 fully saturated rings. The molecular formula is C6H15NS. The molecule has 0 aromatic rings. The van der Waals surface area contributed by atoms with Crippen molar-refractivity contribution in [2.24, 2.45) is 5.73 Å². The average molecular weight is 133 g/mol. The lowest BCUT2D eigenvalue weighted by Crippen LogP contribution is -2.41. The summed E-state index contributed by atoms with van der Waals surface area (Å²) in [4.78, 5) is 0. The van der Waals surface area contributed by atoms with E-state index in [1.807, 2.05) is 13.8 Å². The van der Waals surface area contributed by atoms with E-state index in [9.17, 15) is 0 Å². The van der Waals surface area contributed by atoms with Crippen LogP contribution in [-0.4, -0.2) is 17.0 Å². The quantitative estimate of drug-likeness (QED) is 0.617. The highest BCUT2D eigenvalue weighted by molar-refractivity contribution is 7.99. The minimum atomic E-state index is -0.0284. The Labute approximate surface area is 56.0 Å². The SMILES string of the molecule is CSC(C)C(C)(C)N. The zero-order chi connectivity index (χ0) is 6.78. The maximum absolute atomic E-state index is 5.77. The molecule has 0 aliphatic heterocycles. The molecule has 0 aromatic heterocycles. The highest BCUT2D eigenvalue weighted by Crippen LogP contribution is 2.16. The summed E-state index contributed by atoms with van der Waals surface area (Å²) < 4.78 is 0. The van der Waals surface area contributed by atoms with Crippen LogP contribution in [-0.2, 0) is 0 Å². The van der Waals surface area contributed by atoms with Gasteiger partial charge < -0.3 is 5.73 Å². The Kier molecular flexibility index (Phi) is 2.84. The van der Waals surface area contributed by atoms with Crippen molar-refractivity contribution in [1.82, 2.24) is 0 Å². The van der Waals surface area contributed by atoms with Crippen molar-refractivity contribution in [3.05, 3.63) is 0 Å². The molecule has 0 aromatic carbocycles. The predicted octanol–water partition coefficient (Wildman–Crippen LogP) is 1.48. The van der Waals surface area contributed by atoms with E-state index in [2.05, 4.69) is 13.2 Å². The van der Waals surface area contributed by atoms with Crippen LogP contribution >= 0.6 is 11.8 Å². The van der Waals surface area contributed by atoms with Crippen LogP contribution in [0.1, 0.15) is 20.8 Å². The van der Waals surface area contributed by atoms with E-state index in [4.69, 9.17) is 5.73 Å². The first-order valence-corrected chi connectivity index (χ1v) is 4.09. The van der Waals surface area contributed by atoms with Gasteiger partial charge in [0.1, 0.15) is 0 Å². The van der Waals surface area contributed by atoms with Crippen LogP contribution in [0.25, 0.3) is 0 Å². The molecule has 2 heteroatoms. The molecule has 0 aliphatic carbocycles. The molecular weight excluding hydrogens is 118 g/mol. The minimum Gasteiger partial charge on any atom is -0.325 e. The highest BCUT2D eigenvalue weighted by atomic mass is 32.2. The molecule has 0 heterocycles. The van der Waals surface area contributed by atoms with E-state index in [-0.39, 0.29) is 5.54 Å². The molecule has 0 aliphatic rings. The fourth-order valence-electron chi connectivity index (χ4n) is 0.304. The Balaban J connectivity index is 3.62. The van der Waals surface area contributed by atoms with Gasteiger partial charge in [0.25, 0.3) is 0 Å². The fraction of sp³-hybridized carbons (Fsp3) is 1.00. The molecule has 50 valence electrons. The maximum Gasteiger partial charge on any atom is 0.0214 e. The Hall–Kier alpha value is 0.310. The molecule has 8 heavy (non-hydrogen) atoms. The van der Waals surface area contributed by atoms with E-state index >= 15 is 0 Å². The van der Waals surface area contributed by atoms with Crippen LogP contribution in [0, 0.1) is 0 Å². The molecule has 0 radical (unpaired) electrons. The lowest BCUT2D eigenvalue weighted by atomic mass is 10.0. The van der Waals surface area contributed by atoms with Crippen molar-refractivity contribution in [2.75, 3.05) is 6.26 Å². The van der Waals surface area contributed by atoms with Crippen molar-refractivity contribution in [1.29, 1.82) is 0 Å². The molecule has 1 atom stereocenters. The van der Waals surface area contributed by atoms with Gasteiger partial charge in [-0.05, 0) is 20.1 Å². The minimum absolute atomic E-state index is 0.0284. The Morgan fingerprint density at radius 1 is 1.50 bits per heavy atom. The average Bonchev–Trinajstić information content (AvgIpc) is 1.62. The van der Waals surface area contributed by atoms with Crippen LogP contribution in [0.2, 0.25) is 0 Å². The second-order valence-corrected chi connectivity index (χ2v) is 3.88. The largest absolute Gasteiger partial charge is 0.325 e. The summed E-state index contributed by atoms with van der Waals surface area (Å²) in [5.41, 5.74) is 5.74. The van der Waals surface area contributed by atoms with E-state index in [0.29, 0.717) is 5.25 Å². The summed E-state index contributed by atoms with van der Waals surface area (Å²) in [5.74, 6) is 0. The highest BCUT2D eigenvalue weighted by Gasteiger charge is 2.18. The van der Waals surface area contributed by atoms with Gasteiger partial charge in [-0.15, -0.1) is 0 Å². The zero-order valence-electron chi connectivity index (χ0n) is 6.06. The van der Waals surface area contributed by atoms with Crippen molar-refractivity contribution >= 4 is 11.8 Å². The molecule has 2 N–H and O–H groups in total. The first kappa shape index (κ1) is 8.31. The molecule has 1 unspecified atom stereocenters. The van der Waals surface area contributed by atoms with E-state index in [1.54, 1.807) is 11.8 Å². The smallest absolute Gasteiger partial charge is 0.0214 e. The van der Waals surface area contributed by atoms with Crippen molar-refractivity contribution < 1.29 is 0 Å². The van der Waals surface area contributed by atoms with Gasteiger partial charge in [0.05, 0.1) is 0 Å². The van der Waals surface area contributed by atoms with Gasteiger partial charge in [0.15, 0.2) is 0 Å². The summed E-state index contributed by atoms with van der Waals surface area (Å²) in [6.07, 6.45) is 2.08. The fourth-order valence-corrected chi connectivity index (χ4v) is 0.911. The molecule has 0 saturated carbocycles. The zero-order valence-corrected chi connectivity index (χ0v) is 6.88. The van der Waals surface area contributed by atoms with Gasteiger partial charge >= 0.3 is 0 Å². The molecule has 0 saturated heterocycles. The summed E-state index contributed by atoms with van der Waals surface area (Å²) >= 11 is 1.81. The third-order valence-electron chi connectivity index (χ3n) is 1.40.